The fraction of sp³-hybridized carbons (Fsp3) is 0.182. The van der Waals surface area contributed by atoms with Crippen molar-refractivity contribution >= 4 is 34.7 Å². The fourth-order valence-electron chi connectivity index (χ4n) is 1.41. The van der Waals surface area contributed by atoms with Crippen LogP contribution in [-0.2, 0) is 6.42 Å². The number of carboxylic acids is 1. The lowest BCUT2D eigenvalue weighted by molar-refractivity contribution is 0.0691. The molecule has 2 aromatic rings. The summed E-state index contributed by atoms with van der Waals surface area (Å²) in [6, 6.07) is 3.79. The Morgan fingerprint density at radius 3 is 2.83 bits per heavy atom. The van der Waals surface area contributed by atoms with Gasteiger partial charge in [-0.1, -0.05) is 11.6 Å². The molecular weight excluding hydrogens is 274 g/mol. The van der Waals surface area contributed by atoms with Gasteiger partial charge >= 0.3 is 5.97 Å². The van der Waals surface area contributed by atoms with Crippen molar-refractivity contribution in [3.8, 4) is 0 Å². The lowest BCUT2D eigenvalue weighted by Crippen LogP contribution is -2.12. The molecule has 7 heteroatoms. The number of carbonyl (C=O) groups is 1. The maximum absolute atomic E-state index is 10.9. The standard InChI is InChI=1S/C11H10ClN3O2S/c12-8-2-1-7(18-8)3-4-14-10-9(11(16)17)13-5-6-15-10/h1-2,5-6H,3-4H2,(H,14,15)(H,16,17). The number of anilines is 1. The molecule has 2 N–H and O–H groups in total. The summed E-state index contributed by atoms with van der Waals surface area (Å²) in [6.45, 7) is 0.579. The Hall–Kier alpha value is -1.66. The number of hydrogen-bond acceptors (Lipinski definition) is 5. The molecule has 0 aliphatic rings. The van der Waals surface area contributed by atoms with Crippen LogP contribution in [0.15, 0.2) is 24.5 Å². The molecule has 18 heavy (non-hydrogen) atoms. The molecule has 0 radical (unpaired) electrons. The maximum atomic E-state index is 10.9. The van der Waals surface area contributed by atoms with Crippen LogP contribution in [0.25, 0.3) is 0 Å². The minimum absolute atomic E-state index is 0.0679. The molecule has 0 aliphatic carbocycles. The number of halogens is 1. The van der Waals surface area contributed by atoms with Gasteiger partial charge in [-0.2, -0.15) is 0 Å². The van der Waals surface area contributed by atoms with Crippen LogP contribution in [0.5, 0.6) is 0 Å². The molecule has 0 saturated heterocycles. The molecule has 0 aromatic carbocycles. The van der Waals surface area contributed by atoms with E-state index in [4.69, 9.17) is 16.7 Å². The molecule has 0 spiro atoms. The summed E-state index contributed by atoms with van der Waals surface area (Å²) in [5, 5.41) is 11.9. The van der Waals surface area contributed by atoms with Gasteiger partial charge in [0.15, 0.2) is 11.5 Å². The molecule has 0 aliphatic heterocycles. The SMILES string of the molecule is O=C(O)c1nccnc1NCCc1ccc(Cl)s1. The number of nitrogens with one attached hydrogen (secondary N) is 1. The molecule has 0 unspecified atom stereocenters. The lowest BCUT2D eigenvalue weighted by Gasteiger charge is -2.06. The summed E-state index contributed by atoms with van der Waals surface area (Å²) in [5.41, 5.74) is -0.0679. The second kappa shape index (κ2) is 5.79. The third kappa shape index (κ3) is 3.18. The van der Waals surface area contributed by atoms with Gasteiger partial charge in [-0.25, -0.2) is 14.8 Å². The second-order valence-corrected chi connectivity index (χ2v) is 5.24. The first-order chi connectivity index (χ1) is 8.66. The first-order valence-electron chi connectivity index (χ1n) is 5.19. The van der Waals surface area contributed by atoms with Gasteiger partial charge < -0.3 is 10.4 Å². The predicted octanol–water partition coefficient (Wildman–Crippen LogP) is 2.54. The zero-order valence-corrected chi connectivity index (χ0v) is 10.8. The number of hydrogen-bond donors (Lipinski definition) is 2. The highest BCUT2D eigenvalue weighted by Gasteiger charge is 2.11. The van der Waals surface area contributed by atoms with E-state index in [9.17, 15) is 4.79 Å². The molecule has 0 fully saturated rings. The average Bonchev–Trinajstić information content (AvgIpc) is 2.75. The van der Waals surface area contributed by atoms with Crippen molar-refractivity contribution in [3.63, 3.8) is 0 Å². The highest BCUT2D eigenvalue weighted by molar-refractivity contribution is 7.16. The van der Waals surface area contributed by atoms with Gasteiger partial charge in [0, 0.05) is 23.8 Å². The quantitative estimate of drug-likeness (QED) is 0.882. The molecule has 2 rings (SSSR count). The summed E-state index contributed by atoms with van der Waals surface area (Å²) in [5.74, 6) is -0.808. The van der Waals surface area contributed by atoms with Gasteiger partial charge in [0.05, 0.1) is 4.34 Å². The number of carboxylic acid groups (broad SMARTS) is 1. The van der Waals surface area contributed by atoms with E-state index in [1.807, 2.05) is 12.1 Å². The van der Waals surface area contributed by atoms with Crippen molar-refractivity contribution in [2.75, 3.05) is 11.9 Å². The van der Waals surface area contributed by atoms with E-state index in [2.05, 4.69) is 15.3 Å². The third-order valence-electron chi connectivity index (χ3n) is 2.19. The first kappa shape index (κ1) is 12.8. The van der Waals surface area contributed by atoms with E-state index in [1.54, 1.807) is 0 Å². The van der Waals surface area contributed by atoms with Crippen molar-refractivity contribution in [1.29, 1.82) is 0 Å². The van der Waals surface area contributed by atoms with Crippen LogP contribution >= 0.6 is 22.9 Å². The highest BCUT2D eigenvalue weighted by atomic mass is 35.5. The van der Waals surface area contributed by atoms with Gasteiger partial charge in [-0.05, 0) is 18.6 Å². The lowest BCUT2D eigenvalue weighted by atomic mass is 10.3. The van der Waals surface area contributed by atoms with E-state index in [-0.39, 0.29) is 11.5 Å². The van der Waals surface area contributed by atoms with E-state index in [1.165, 1.54) is 23.7 Å². The minimum atomic E-state index is -1.09. The van der Waals surface area contributed by atoms with Crippen LogP contribution in [0.1, 0.15) is 15.4 Å². The van der Waals surface area contributed by atoms with Crippen molar-refractivity contribution in [2.24, 2.45) is 0 Å². The number of nitrogens with zero attached hydrogens (tertiary/aromatic N) is 2. The molecule has 5 nitrogen and oxygen atoms in total. The van der Waals surface area contributed by atoms with Crippen molar-refractivity contribution in [1.82, 2.24) is 9.97 Å². The summed E-state index contributed by atoms with van der Waals surface area (Å²) < 4.78 is 0.746. The van der Waals surface area contributed by atoms with Gasteiger partial charge in [-0.15, -0.1) is 11.3 Å². The average molecular weight is 284 g/mol. The summed E-state index contributed by atoms with van der Waals surface area (Å²) in [7, 11) is 0. The van der Waals surface area contributed by atoms with Crippen molar-refractivity contribution in [2.45, 2.75) is 6.42 Å². The number of thiophene rings is 1. The van der Waals surface area contributed by atoms with Crippen LogP contribution in [-0.4, -0.2) is 27.6 Å². The maximum Gasteiger partial charge on any atom is 0.358 e. The Labute approximate surface area is 112 Å². The van der Waals surface area contributed by atoms with Gasteiger partial charge in [0.2, 0.25) is 0 Å². The minimum Gasteiger partial charge on any atom is -0.476 e. The summed E-state index contributed by atoms with van der Waals surface area (Å²) in [6.07, 6.45) is 3.57. The number of rotatable bonds is 5. The highest BCUT2D eigenvalue weighted by Crippen LogP contribution is 2.21. The zero-order chi connectivity index (χ0) is 13.0. The van der Waals surface area contributed by atoms with E-state index in [0.29, 0.717) is 6.54 Å². The molecule has 2 heterocycles. The summed E-state index contributed by atoms with van der Waals surface area (Å²) >= 11 is 7.33. The smallest absolute Gasteiger partial charge is 0.358 e. The molecular formula is C11H10ClN3O2S. The zero-order valence-electron chi connectivity index (χ0n) is 9.26. The molecule has 94 valence electrons. The molecule has 2 aromatic heterocycles. The van der Waals surface area contributed by atoms with Crippen LogP contribution in [0.4, 0.5) is 5.82 Å². The molecule has 0 atom stereocenters. The Morgan fingerprint density at radius 1 is 1.39 bits per heavy atom. The molecule has 0 bridgehead atoms. The van der Waals surface area contributed by atoms with Crippen LogP contribution in [0.3, 0.4) is 0 Å². The summed E-state index contributed by atoms with van der Waals surface area (Å²) in [4.78, 5) is 19.8. The Balaban J connectivity index is 1.96. The number of aromatic carboxylic acids is 1. The van der Waals surface area contributed by atoms with Gasteiger partial charge in [-0.3, -0.25) is 0 Å². The van der Waals surface area contributed by atoms with Crippen LogP contribution < -0.4 is 5.32 Å². The number of aromatic nitrogens is 2. The first-order valence-corrected chi connectivity index (χ1v) is 6.38. The van der Waals surface area contributed by atoms with Crippen molar-refractivity contribution in [3.05, 3.63) is 39.4 Å². The largest absolute Gasteiger partial charge is 0.476 e. The monoisotopic (exact) mass is 283 g/mol. The van der Waals surface area contributed by atoms with E-state index >= 15 is 0 Å². The van der Waals surface area contributed by atoms with Gasteiger partial charge in [0.25, 0.3) is 0 Å². The van der Waals surface area contributed by atoms with Crippen molar-refractivity contribution < 1.29 is 9.90 Å². The normalized spacial score (nSPS) is 10.3. The second-order valence-electron chi connectivity index (χ2n) is 3.44. The third-order valence-corrected chi connectivity index (χ3v) is 3.48. The fourth-order valence-corrected chi connectivity index (χ4v) is 2.50. The van der Waals surface area contributed by atoms with E-state index < -0.39 is 5.97 Å². The van der Waals surface area contributed by atoms with Crippen LogP contribution in [0.2, 0.25) is 4.34 Å². The Kier molecular flexibility index (Phi) is 4.11. The van der Waals surface area contributed by atoms with Crippen LogP contribution in [0, 0.1) is 0 Å². The van der Waals surface area contributed by atoms with E-state index in [0.717, 1.165) is 15.6 Å². The molecule has 0 amide bonds. The Bertz CT molecular complexity index is 559. The Morgan fingerprint density at radius 2 is 2.17 bits per heavy atom. The predicted molar refractivity (Wildman–Crippen MR) is 70.5 cm³/mol. The molecule has 0 saturated carbocycles. The topological polar surface area (TPSA) is 75.1 Å². The van der Waals surface area contributed by atoms with Gasteiger partial charge in [0.1, 0.15) is 0 Å².